The molecule has 0 heterocycles. The number of aliphatic imine (C=N–C) groups is 1. The number of halogens is 1. The number of hydrogen-bond acceptors (Lipinski definition) is 5. The lowest BCUT2D eigenvalue weighted by atomic mass is 10.2. The van der Waals surface area contributed by atoms with Gasteiger partial charge >= 0.3 is 0 Å². The van der Waals surface area contributed by atoms with Gasteiger partial charge in [-0.1, -0.05) is 11.6 Å². The zero-order valence-electron chi connectivity index (χ0n) is 8.55. The molecule has 0 aliphatic rings. The van der Waals surface area contributed by atoms with Crippen LogP contribution in [0.15, 0.2) is 34.6 Å². The quantitative estimate of drug-likeness (QED) is 0.611. The van der Waals surface area contributed by atoms with Gasteiger partial charge in [-0.3, -0.25) is 0 Å². The Morgan fingerprint density at radius 2 is 2.12 bits per heavy atom. The van der Waals surface area contributed by atoms with E-state index >= 15 is 0 Å². The van der Waals surface area contributed by atoms with Crippen molar-refractivity contribution in [1.82, 2.24) is 0 Å². The SMILES string of the molecule is N#C/C(N)=C(\C#N)N=Cc1cc(Cl)ccc1O. The van der Waals surface area contributed by atoms with Crippen molar-refractivity contribution in [2.45, 2.75) is 0 Å². The fraction of sp³-hybridized carbons (Fsp3) is 0. The number of phenols is 1. The van der Waals surface area contributed by atoms with Gasteiger partial charge in [-0.15, -0.1) is 0 Å². The van der Waals surface area contributed by atoms with Crippen LogP contribution in [0, 0.1) is 22.7 Å². The van der Waals surface area contributed by atoms with Crippen LogP contribution >= 0.6 is 11.6 Å². The lowest BCUT2D eigenvalue weighted by Gasteiger charge is -1.98. The number of nitrogens with zero attached hydrogens (tertiary/aromatic N) is 3. The Kier molecular flexibility index (Phi) is 4.10. The van der Waals surface area contributed by atoms with E-state index in [4.69, 9.17) is 27.9 Å². The van der Waals surface area contributed by atoms with Gasteiger partial charge in [0, 0.05) is 16.8 Å². The molecule has 0 spiro atoms. The Bertz CT molecular complexity index is 578. The van der Waals surface area contributed by atoms with Crippen LogP contribution in [0.25, 0.3) is 0 Å². The summed E-state index contributed by atoms with van der Waals surface area (Å²) in [6.07, 6.45) is 1.21. The highest BCUT2D eigenvalue weighted by atomic mass is 35.5. The first-order valence-electron chi connectivity index (χ1n) is 4.41. The third-order valence-corrected chi connectivity index (χ3v) is 2.04. The smallest absolute Gasteiger partial charge is 0.174 e. The van der Waals surface area contributed by atoms with Crippen LogP contribution in [-0.4, -0.2) is 11.3 Å². The minimum Gasteiger partial charge on any atom is -0.507 e. The third-order valence-electron chi connectivity index (χ3n) is 1.80. The van der Waals surface area contributed by atoms with Crippen molar-refractivity contribution in [2.75, 3.05) is 0 Å². The molecule has 1 rings (SSSR count). The standard InChI is InChI=1S/C11H7ClN4O/c12-8-1-2-11(17)7(3-8)6-16-10(5-14)9(15)4-13/h1-3,6,17H,15H2/b10-9-,16-6?. The van der Waals surface area contributed by atoms with Gasteiger partial charge in [0.05, 0.1) is 0 Å². The van der Waals surface area contributed by atoms with Crippen LogP contribution in [0.5, 0.6) is 5.75 Å². The molecule has 0 aliphatic heterocycles. The second-order valence-electron chi connectivity index (χ2n) is 2.95. The van der Waals surface area contributed by atoms with Gasteiger partial charge in [-0.25, -0.2) is 4.99 Å². The summed E-state index contributed by atoms with van der Waals surface area (Å²) in [5, 5.41) is 27.1. The van der Waals surface area contributed by atoms with Crippen LogP contribution in [-0.2, 0) is 0 Å². The summed E-state index contributed by atoms with van der Waals surface area (Å²) in [6, 6.07) is 7.67. The fourth-order valence-electron chi connectivity index (χ4n) is 0.974. The molecule has 0 saturated heterocycles. The van der Waals surface area contributed by atoms with E-state index in [1.54, 1.807) is 12.1 Å². The van der Waals surface area contributed by atoms with Gasteiger partial charge in [0.2, 0.25) is 0 Å². The molecule has 0 aromatic heterocycles. The van der Waals surface area contributed by atoms with Gasteiger partial charge in [0.1, 0.15) is 23.6 Å². The van der Waals surface area contributed by atoms with E-state index in [1.807, 2.05) is 0 Å². The molecule has 0 aliphatic carbocycles. The van der Waals surface area contributed by atoms with Crippen molar-refractivity contribution in [2.24, 2.45) is 10.7 Å². The number of hydrogen-bond donors (Lipinski definition) is 2. The second kappa shape index (κ2) is 5.55. The minimum atomic E-state index is -0.287. The predicted octanol–water partition coefficient (Wildman–Crippen LogP) is 1.68. The summed E-state index contributed by atoms with van der Waals surface area (Å²) in [4.78, 5) is 3.71. The summed E-state index contributed by atoms with van der Waals surface area (Å²) in [5.41, 5.74) is 5.08. The van der Waals surface area contributed by atoms with Crippen LogP contribution in [0.4, 0.5) is 0 Å². The first-order valence-corrected chi connectivity index (χ1v) is 4.78. The van der Waals surface area contributed by atoms with Crippen LogP contribution in [0.1, 0.15) is 5.56 Å². The second-order valence-corrected chi connectivity index (χ2v) is 3.38. The van der Waals surface area contributed by atoms with Crippen molar-refractivity contribution in [3.8, 4) is 17.9 Å². The molecule has 0 radical (unpaired) electrons. The molecule has 1 aromatic carbocycles. The van der Waals surface area contributed by atoms with Crippen molar-refractivity contribution in [3.05, 3.63) is 40.2 Å². The molecule has 5 nitrogen and oxygen atoms in total. The Morgan fingerprint density at radius 1 is 1.41 bits per heavy atom. The van der Waals surface area contributed by atoms with E-state index in [0.29, 0.717) is 10.6 Å². The molecular formula is C11H7ClN4O. The maximum absolute atomic E-state index is 9.47. The normalized spacial score (nSPS) is 11.7. The summed E-state index contributed by atoms with van der Waals surface area (Å²) < 4.78 is 0. The van der Waals surface area contributed by atoms with Crippen LogP contribution in [0.2, 0.25) is 5.02 Å². The summed E-state index contributed by atoms with van der Waals surface area (Å²) >= 11 is 5.73. The first kappa shape index (κ1) is 12.6. The molecule has 84 valence electrons. The van der Waals surface area contributed by atoms with Gasteiger partial charge in [0.15, 0.2) is 5.70 Å². The average molecular weight is 247 g/mol. The molecule has 0 atom stereocenters. The molecule has 0 amide bonds. The summed E-state index contributed by atoms with van der Waals surface area (Å²) in [6.45, 7) is 0. The lowest BCUT2D eigenvalue weighted by molar-refractivity contribution is 0.474. The van der Waals surface area contributed by atoms with E-state index < -0.39 is 0 Å². The molecule has 6 heteroatoms. The highest BCUT2D eigenvalue weighted by molar-refractivity contribution is 6.30. The van der Waals surface area contributed by atoms with E-state index in [1.165, 1.54) is 24.4 Å². The number of aromatic hydroxyl groups is 1. The minimum absolute atomic E-state index is 0.0361. The van der Waals surface area contributed by atoms with Crippen LogP contribution in [0.3, 0.4) is 0 Å². The summed E-state index contributed by atoms with van der Waals surface area (Å²) in [5.74, 6) is -0.0361. The predicted molar refractivity (Wildman–Crippen MR) is 63.2 cm³/mol. The van der Waals surface area contributed by atoms with Crippen LogP contribution < -0.4 is 5.73 Å². The van der Waals surface area contributed by atoms with E-state index in [9.17, 15) is 5.11 Å². The molecule has 1 aromatic rings. The van der Waals surface area contributed by atoms with Gasteiger partial charge < -0.3 is 10.8 Å². The molecular weight excluding hydrogens is 240 g/mol. The average Bonchev–Trinajstić information content (AvgIpc) is 2.33. The van der Waals surface area contributed by atoms with Gasteiger partial charge in [0.25, 0.3) is 0 Å². The molecule has 17 heavy (non-hydrogen) atoms. The fourth-order valence-corrected chi connectivity index (χ4v) is 1.16. The Labute approximate surface area is 103 Å². The number of rotatable bonds is 2. The Balaban J connectivity index is 3.12. The monoisotopic (exact) mass is 246 g/mol. The highest BCUT2D eigenvalue weighted by Crippen LogP contribution is 2.19. The topological polar surface area (TPSA) is 106 Å². The third kappa shape index (κ3) is 3.23. The molecule has 0 unspecified atom stereocenters. The molecule has 0 bridgehead atoms. The first-order chi connectivity index (χ1) is 8.08. The van der Waals surface area contributed by atoms with Crippen molar-refractivity contribution < 1.29 is 5.11 Å². The number of benzene rings is 1. The van der Waals surface area contributed by atoms with E-state index in [2.05, 4.69) is 4.99 Å². The number of phenolic OH excluding ortho intramolecular Hbond substituents is 1. The lowest BCUT2D eigenvalue weighted by Crippen LogP contribution is -1.97. The van der Waals surface area contributed by atoms with E-state index in [-0.39, 0.29) is 17.1 Å². The van der Waals surface area contributed by atoms with Gasteiger partial charge in [-0.2, -0.15) is 10.5 Å². The number of allylic oxidation sites excluding steroid dienone is 2. The van der Waals surface area contributed by atoms with E-state index in [0.717, 1.165) is 0 Å². The maximum atomic E-state index is 9.47. The highest BCUT2D eigenvalue weighted by Gasteiger charge is 2.02. The van der Waals surface area contributed by atoms with Gasteiger partial charge in [-0.05, 0) is 18.2 Å². The maximum Gasteiger partial charge on any atom is 0.174 e. The number of nitriles is 2. The Hall–Kier alpha value is -2.50. The largest absolute Gasteiger partial charge is 0.507 e. The number of nitrogens with two attached hydrogens (primary N) is 1. The zero-order valence-corrected chi connectivity index (χ0v) is 9.31. The Morgan fingerprint density at radius 3 is 2.71 bits per heavy atom. The van der Waals surface area contributed by atoms with Crippen molar-refractivity contribution in [3.63, 3.8) is 0 Å². The molecule has 0 saturated carbocycles. The van der Waals surface area contributed by atoms with Crippen molar-refractivity contribution in [1.29, 1.82) is 10.5 Å². The molecule has 3 N–H and O–H groups in total. The van der Waals surface area contributed by atoms with Crippen molar-refractivity contribution >= 4 is 17.8 Å². The zero-order chi connectivity index (χ0) is 12.8. The molecule has 0 fully saturated rings. The summed E-state index contributed by atoms with van der Waals surface area (Å²) in [7, 11) is 0.